The van der Waals surface area contributed by atoms with Crippen LogP contribution in [0.4, 0.5) is 0 Å². The number of nitrogens with one attached hydrogen (secondary N) is 2. The van der Waals surface area contributed by atoms with Gasteiger partial charge in [-0.15, -0.1) is 0 Å². The highest BCUT2D eigenvalue weighted by Crippen LogP contribution is 2.18. The zero-order valence-corrected chi connectivity index (χ0v) is 11.3. The van der Waals surface area contributed by atoms with Gasteiger partial charge in [-0.25, -0.2) is 0 Å². The molecule has 1 aliphatic carbocycles. The molecule has 2 rings (SSSR count). The van der Waals surface area contributed by atoms with E-state index in [1.165, 1.54) is 12.5 Å². The molecule has 1 aromatic heterocycles. The fourth-order valence-corrected chi connectivity index (χ4v) is 2.31. The number of furan rings is 1. The van der Waals surface area contributed by atoms with E-state index in [2.05, 4.69) is 10.6 Å². The second-order valence-corrected chi connectivity index (χ2v) is 5.09. The van der Waals surface area contributed by atoms with Gasteiger partial charge >= 0.3 is 0 Å². The molecule has 0 aliphatic heterocycles. The molecule has 20 heavy (non-hydrogen) atoms. The Morgan fingerprint density at radius 2 is 2.05 bits per heavy atom. The molecule has 0 saturated heterocycles. The van der Waals surface area contributed by atoms with Gasteiger partial charge in [-0.1, -0.05) is 0 Å². The molecule has 0 aromatic carbocycles. The Kier molecular flexibility index (Phi) is 5.17. The molecule has 6 nitrogen and oxygen atoms in total. The largest absolute Gasteiger partial charge is 0.472 e. The number of carbonyl (C=O) groups is 2. The molecule has 2 amide bonds. The Morgan fingerprint density at radius 1 is 1.30 bits per heavy atom. The van der Waals surface area contributed by atoms with Crippen LogP contribution in [0.25, 0.3) is 0 Å². The topological polar surface area (TPSA) is 91.6 Å². The molecular weight excluding hydrogens is 260 g/mol. The van der Waals surface area contributed by atoms with Gasteiger partial charge < -0.3 is 20.2 Å². The highest BCUT2D eigenvalue weighted by molar-refractivity contribution is 5.94. The number of amides is 2. The molecule has 1 aliphatic rings. The van der Waals surface area contributed by atoms with E-state index in [0.29, 0.717) is 12.1 Å². The second kappa shape index (κ2) is 7.09. The maximum atomic E-state index is 11.7. The van der Waals surface area contributed by atoms with Crippen molar-refractivity contribution >= 4 is 11.8 Å². The molecule has 1 saturated carbocycles. The van der Waals surface area contributed by atoms with Crippen molar-refractivity contribution in [3.63, 3.8) is 0 Å². The summed E-state index contributed by atoms with van der Waals surface area (Å²) in [5.41, 5.74) is 0.451. The summed E-state index contributed by atoms with van der Waals surface area (Å²) in [5, 5.41) is 15.0. The van der Waals surface area contributed by atoms with Crippen LogP contribution in [0.2, 0.25) is 0 Å². The average Bonchev–Trinajstić information content (AvgIpc) is 2.95. The Labute approximate surface area is 117 Å². The van der Waals surface area contributed by atoms with E-state index in [1.807, 2.05) is 0 Å². The van der Waals surface area contributed by atoms with Crippen LogP contribution in [0.15, 0.2) is 23.0 Å². The quantitative estimate of drug-likeness (QED) is 0.744. The predicted octanol–water partition coefficient (Wildman–Crippen LogP) is 0.819. The van der Waals surface area contributed by atoms with Gasteiger partial charge in [-0.2, -0.15) is 0 Å². The summed E-state index contributed by atoms with van der Waals surface area (Å²) in [4.78, 5) is 23.3. The zero-order valence-electron chi connectivity index (χ0n) is 11.3. The summed E-state index contributed by atoms with van der Waals surface area (Å²) in [6, 6.07) is 1.72. The van der Waals surface area contributed by atoms with Crippen LogP contribution >= 0.6 is 0 Å². The summed E-state index contributed by atoms with van der Waals surface area (Å²) in [7, 11) is 0. The smallest absolute Gasteiger partial charge is 0.254 e. The first-order chi connectivity index (χ1) is 9.65. The van der Waals surface area contributed by atoms with Gasteiger partial charge in [0.2, 0.25) is 5.91 Å². The lowest BCUT2D eigenvalue weighted by Crippen LogP contribution is -2.40. The Bertz CT molecular complexity index is 436. The van der Waals surface area contributed by atoms with Crippen molar-refractivity contribution in [2.24, 2.45) is 0 Å². The minimum absolute atomic E-state index is 0.0705. The molecule has 1 fully saturated rings. The summed E-state index contributed by atoms with van der Waals surface area (Å²) >= 11 is 0. The highest BCUT2D eigenvalue weighted by Gasteiger charge is 2.20. The number of aliphatic hydroxyl groups excluding tert-OH is 1. The van der Waals surface area contributed by atoms with E-state index in [0.717, 1.165) is 25.7 Å². The molecule has 0 radical (unpaired) electrons. The van der Waals surface area contributed by atoms with Crippen molar-refractivity contribution in [3.8, 4) is 0 Å². The van der Waals surface area contributed by atoms with Crippen LogP contribution in [-0.2, 0) is 4.79 Å². The average molecular weight is 280 g/mol. The first kappa shape index (κ1) is 14.6. The van der Waals surface area contributed by atoms with Gasteiger partial charge in [-0.3, -0.25) is 9.59 Å². The maximum absolute atomic E-state index is 11.7. The van der Waals surface area contributed by atoms with Gasteiger partial charge in [0.1, 0.15) is 6.26 Å². The minimum atomic E-state index is -0.243. The van der Waals surface area contributed by atoms with E-state index in [1.54, 1.807) is 6.07 Å². The van der Waals surface area contributed by atoms with E-state index in [9.17, 15) is 14.7 Å². The molecule has 0 spiro atoms. The van der Waals surface area contributed by atoms with Gasteiger partial charge in [0.15, 0.2) is 0 Å². The Morgan fingerprint density at radius 3 is 2.70 bits per heavy atom. The maximum Gasteiger partial charge on any atom is 0.254 e. The van der Waals surface area contributed by atoms with Crippen molar-refractivity contribution in [1.82, 2.24) is 10.6 Å². The summed E-state index contributed by atoms with van der Waals surface area (Å²) < 4.78 is 4.81. The van der Waals surface area contributed by atoms with Gasteiger partial charge in [0.05, 0.1) is 17.9 Å². The third-order valence-electron chi connectivity index (χ3n) is 3.48. The third-order valence-corrected chi connectivity index (χ3v) is 3.48. The number of carbonyl (C=O) groups excluding carboxylic acids is 2. The number of hydrogen-bond acceptors (Lipinski definition) is 4. The molecule has 0 unspecified atom stereocenters. The molecule has 1 heterocycles. The Hall–Kier alpha value is -1.82. The lowest BCUT2D eigenvalue weighted by Gasteiger charge is -2.26. The zero-order chi connectivity index (χ0) is 14.4. The number of hydrogen-bond donors (Lipinski definition) is 3. The van der Waals surface area contributed by atoms with Gasteiger partial charge in [-0.05, 0) is 31.7 Å². The molecular formula is C14H20N2O4. The van der Waals surface area contributed by atoms with Crippen LogP contribution < -0.4 is 10.6 Å². The van der Waals surface area contributed by atoms with Gasteiger partial charge in [0, 0.05) is 19.0 Å². The summed E-state index contributed by atoms with van der Waals surface area (Å²) in [6.07, 6.45) is 5.93. The standard InChI is InChI=1S/C14H20N2O4/c17-12-3-1-11(2-4-12)16-13(18)5-7-15-14(19)10-6-8-20-9-10/h6,8-9,11-12,17H,1-5,7H2,(H,15,19)(H,16,18). The lowest BCUT2D eigenvalue weighted by atomic mass is 9.93. The third kappa shape index (κ3) is 4.38. The molecule has 1 aromatic rings. The van der Waals surface area contributed by atoms with Crippen molar-refractivity contribution in [2.45, 2.75) is 44.2 Å². The highest BCUT2D eigenvalue weighted by atomic mass is 16.3. The van der Waals surface area contributed by atoms with E-state index < -0.39 is 0 Å². The van der Waals surface area contributed by atoms with E-state index in [4.69, 9.17) is 4.42 Å². The van der Waals surface area contributed by atoms with Crippen LogP contribution in [0.5, 0.6) is 0 Å². The molecule has 0 bridgehead atoms. The number of rotatable bonds is 5. The lowest BCUT2D eigenvalue weighted by molar-refractivity contribution is -0.122. The molecule has 0 atom stereocenters. The fraction of sp³-hybridized carbons (Fsp3) is 0.571. The van der Waals surface area contributed by atoms with Crippen molar-refractivity contribution < 1.29 is 19.1 Å². The minimum Gasteiger partial charge on any atom is -0.472 e. The SMILES string of the molecule is O=C(CCNC(=O)c1ccoc1)NC1CCC(O)CC1. The first-order valence-electron chi connectivity index (χ1n) is 6.93. The summed E-state index contributed by atoms with van der Waals surface area (Å²) in [6.45, 7) is 0.297. The van der Waals surface area contributed by atoms with Crippen molar-refractivity contribution in [2.75, 3.05) is 6.54 Å². The Balaban J connectivity index is 1.62. The molecule has 110 valence electrons. The second-order valence-electron chi connectivity index (χ2n) is 5.09. The van der Waals surface area contributed by atoms with Crippen LogP contribution in [-0.4, -0.2) is 35.6 Å². The van der Waals surface area contributed by atoms with Crippen LogP contribution in [0, 0.1) is 0 Å². The van der Waals surface area contributed by atoms with E-state index >= 15 is 0 Å². The number of aliphatic hydroxyl groups is 1. The van der Waals surface area contributed by atoms with Crippen LogP contribution in [0.1, 0.15) is 42.5 Å². The van der Waals surface area contributed by atoms with Crippen molar-refractivity contribution in [1.29, 1.82) is 0 Å². The van der Waals surface area contributed by atoms with Gasteiger partial charge in [0.25, 0.3) is 5.91 Å². The van der Waals surface area contributed by atoms with Crippen molar-refractivity contribution in [3.05, 3.63) is 24.2 Å². The van der Waals surface area contributed by atoms with E-state index in [-0.39, 0.29) is 30.4 Å². The normalized spacial score (nSPS) is 22.2. The van der Waals surface area contributed by atoms with Crippen LogP contribution in [0.3, 0.4) is 0 Å². The molecule has 6 heteroatoms. The summed E-state index contributed by atoms with van der Waals surface area (Å²) in [5.74, 6) is -0.314. The first-order valence-corrected chi connectivity index (χ1v) is 6.93. The predicted molar refractivity (Wildman–Crippen MR) is 72.1 cm³/mol. The monoisotopic (exact) mass is 280 g/mol. The fourth-order valence-electron chi connectivity index (χ4n) is 2.31. The molecule has 3 N–H and O–H groups in total.